The topological polar surface area (TPSA) is 76.2 Å². The predicted molar refractivity (Wildman–Crippen MR) is 109 cm³/mol. The number of nitrogens with zero attached hydrogens (tertiary/aromatic N) is 2. The normalized spacial score (nSPS) is 15.0. The molecule has 7 heteroatoms. The molecule has 0 atom stereocenters. The van der Waals surface area contributed by atoms with Crippen molar-refractivity contribution in [2.45, 2.75) is 52.7 Å². The summed E-state index contributed by atoms with van der Waals surface area (Å²) in [4.78, 5) is 39.8. The van der Waals surface area contributed by atoms with E-state index in [-0.39, 0.29) is 30.5 Å². The molecule has 0 radical (unpaired) electrons. The van der Waals surface area contributed by atoms with Gasteiger partial charge >= 0.3 is 12.1 Å². The molecule has 0 unspecified atom stereocenters. The Bertz CT molecular complexity index is 716. The lowest BCUT2D eigenvalue weighted by Crippen LogP contribution is -2.43. The van der Waals surface area contributed by atoms with Crippen molar-refractivity contribution in [2.24, 2.45) is 5.92 Å². The van der Waals surface area contributed by atoms with Crippen LogP contribution in [0.25, 0.3) is 0 Å². The van der Waals surface area contributed by atoms with Gasteiger partial charge in [-0.3, -0.25) is 9.59 Å². The van der Waals surface area contributed by atoms with Crippen LogP contribution in [0.4, 0.5) is 4.79 Å². The van der Waals surface area contributed by atoms with Crippen LogP contribution < -0.4 is 0 Å². The van der Waals surface area contributed by atoms with E-state index in [1.54, 1.807) is 16.8 Å². The summed E-state index contributed by atoms with van der Waals surface area (Å²) in [6, 6.07) is 7.95. The minimum absolute atomic E-state index is 0.245. The van der Waals surface area contributed by atoms with E-state index in [4.69, 9.17) is 9.47 Å². The number of ether oxygens (including phenoxy) is 2. The van der Waals surface area contributed by atoms with Gasteiger partial charge < -0.3 is 19.3 Å². The first-order valence-electron chi connectivity index (χ1n) is 9.99. The molecule has 29 heavy (non-hydrogen) atoms. The van der Waals surface area contributed by atoms with Crippen molar-refractivity contribution in [1.82, 2.24) is 9.80 Å². The van der Waals surface area contributed by atoms with Gasteiger partial charge in [0.1, 0.15) is 5.60 Å². The number of benzene rings is 1. The molecule has 0 N–H and O–H groups in total. The Morgan fingerprint density at radius 2 is 1.69 bits per heavy atom. The molecule has 1 aromatic carbocycles. The minimum atomic E-state index is -0.544. The maximum Gasteiger partial charge on any atom is 0.410 e. The highest BCUT2D eigenvalue weighted by atomic mass is 16.6. The Hall–Kier alpha value is -2.57. The average Bonchev–Trinajstić information content (AvgIpc) is 2.66. The van der Waals surface area contributed by atoms with Gasteiger partial charge in [-0.2, -0.15) is 0 Å². The quantitative estimate of drug-likeness (QED) is 0.705. The van der Waals surface area contributed by atoms with Crippen LogP contribution in [0.2, 0.25) is 0 Å². The van der Waals surface area contributed by atoms with E-state index in [0.717, 1.165) is 11.1 Å². The van der Waals surface area contributed by atoms with Crippen LogP contribution in [0.15, 0.2) is 24.3 Å². The zero-order chi connectivity index (χ0) is 21.6. The Balaban J connectivity index is 1.73. The summed E-state index contributed by atoms with van der Waals surface area (Å²) in [5.74, 6) is -0.931. The number of piperidine rings is 1. The number of carbonyl (C=O) groups excluding carboxylic acids is 3. The van der Waals surface area contributed by atoms with E-state index in [9.17, 15) is 14.4 Å². The van der Waals surface area contributed by atoms with E-state index in [1.807, 2.05) is 52.0 Å². The fourth-order valence-electron chi connectivity index (χ4n) is 3.04. The van der Waals surface area contributed by atoms with E-state index in [1.165, 1.54) is 0 Å². The molecule has 0 aromatic heterocycles. The van der Waals surface area contributed by atoms with Crippen molar-refractivity contribution in [3.63, 3.8) is 0 Å². The molecule has 160 valence electrons. The highest BCUT2D eigenvalue weighted by Crippen LogP contribution is 2.21. The summed E-state index contributed by atoms with van der Waals surface area (Å²) >= 11 is 0. The van der Waals surface area contributed by atoms with Gasteiger partial charge in [0.2, 0.25) is 0 Å². The average molecular weight is 405 g/mol. The molecule has 0 aliphatic carbocycles. The first kappa shape index (κ1) is 22.7. The van der Waals surface area contributed by atoms with Crippen molar-refractivity contribution in [2.75, 3.05) is 26.7 Å². The third-order valence-corrected chi connectivity index (χ3v) is 4.78. The molecule has 0 saturated carbocycles. The molecular formula is C22H32N2O5. The molecule has 0 bridgehead atoms. The predicted octanol–water partition coefficient (Wildman–Crippen LogP) is 3.14. The third-order valence-electron chi connectivity index (χ3n) is 4.78. The lowest BCUT2D eigenvalue weighted by Gasteiger charge is -2.32. The summed E-state index contributed by atoms with van der Waals surface area (Å²) in [6.07, 6.45) is 0.647. The molecule has 7 nitrogen and oxygen atoms in total. The van der Waals surface area contributed by atoms with Crippen LogP contribution in [-0.2, 0) is 25.6 Å². The second kappa shape index (κ2) is 9.76. The largest absolute Gasteiger partial charge is 0.455 e. The number of esters is 1. The number of likely N-dealkylation sites (N-methyl/N-ethyl adjacent to an activating group) is 1. The van der Waals surface area contributed by atoms with Gasteiger partial charge in [0.15, 0.2) is 6.61 Å². The number of rotatable bonds is 5. The number of hydrogen-bond acceptors (Lipinski definition) is 5. The van der Waals surface area contributed by atoms with Crippen LogP contribution in [0.5, 0.6) is 0 Å². The lowest BCUT2D eigenvalue weighted by atomic mass is 9.97. The zero-order valence-corrected chi connectivity index (χ0v) is 18.1. The number of likely N-dealkylation sites (tertiary alicyclic amines) is 1. The molecular weight excluding hydrogens is 372 g/mol. The first-order chi connectivity index (χ1) is 13.5. The molecule has 2 amide bonds. The molecule has 1 saturated heterocycles. The molecule has 1 aliphatic heterocycles. The van der Waals surface area contributed by atoms with Gasteiger partial charge in [-0.05, 0) is 46.1 Å². The molecule has 1 fully saturated rings. The Kier molecular flexibility index (Phi) is 7.65. The summed E-state index contributed by atoms with van der Waals surface area (Å²) in [7, 11) is 1.69. The SMILES string of the molecule is Cc1ccc(CN(C)C(=O)COC(=O)C2CCN(C(=O)OC(C)(C)C)CC2)cc1. The maximum absolute atomic E-state index is 12.3. The van der Waals surface area contributed by atoms with E-state index in [2.05, 4.69) is 0 Å². The Labute approximate surface area is 172 Å². The van der Waals surface area contributed by atoms with Crippen LogP contribution >= 0.6 is 0 Å². The molecule has 1 aliphatic rings. The molecule has 2 rings (SSSR count). The van der Waals surface area contributed by atoms with Crippen molar-refractivity contribution >= 4 is 18.0 Å². The smallest absolute Gasteiger partial charge is 0.410 e. The number of carbonyl (C=O) groups is 3. The van der Waals surface area contributed by atoms with Gasteiger partial charge in [0.25, 0.3) is 5.91 Å². The van der Waals surface area contributed by atoms with Gasteiger partial charge in [0.05, 0.1) is 5.92 Å². The monoisotopic (exact) mass is 404 g/mol. The number of hydrogen-bond donors (Lipinski definition) is 0. The van der Waals surface area contributed by atoms with Gasteiger partial charge in [-0.15, -0.1) is 0 Å². The number of aryl methyl sites for hydroxylation is 1. The number of amides is 2. The van der Waals surface area contributed by atoms with Crippen molar-refractivity contribution < 1.29 is 23.9 Å². The van der Waals surface area contributed by atoms with E-state index < -0.39 is 5.60 Å². The maximum atomic E-state index is 12.3. The summed E-state index contributed by atoms with van der Waals surface area (Å²) < 4.78 is 10.6. The minimum Gasteiger partial charge on any atom is -0.455 e. The Morgan fingerprint density at radius 1 is 1.10 bits per heavy atom. The highest BCUT2D eigenvalue weighted by molar-refractivity contribution is 5.81. The fraction of sp³-hybridized carbons (Fsp3) is 0.591. The molecule has 1 heterocycles. The second-order valence-electron chi connectivity index (χ2n) is 8.58. The lowest BCUT2D eigenvalue weighted by molar-refractivity contribution is -0.156. The van der Waals surface area contributed by atoms with E-state index >= 15 is 0 Å². The third kappa shape index (κ3) is 7.40. The van der Waals surface area contributed by atoms with Crippen LogP contribution in [0.3, 0.4) is 0 Å². The first-order valence-corrected chi connectivity index (χ1v) is 9.99. The van der Waals surface area contributed by atoms with Crippen LogP contribution in [0.1, 0.15) is 44.7 Å². The summed E-state index contributed by atoms with van der Waals surface area (Å²) in [5.41, 5.74) is 1.64. The summed E-state index contributed by atoms with van der Waals surface area (Å²) in [6.45, 7) is 8.55. The van der Waals surface area contributed by atoms with Crippen molar-refractivity contribution in [1.29, 1.82) is 0 Å². The summed E-state index contributed by atoms with van der Waals surface area (Å²) in [5, 5.41) is 0. The Morgan fingerprint density at radius 3 is 2.24 bits per heavy atom. The standard InChI is InChI=1S/C22H32N2O5/c1-16-6-8-17(9-7-16)14-23(5)19(25)15-28-20(26)18-10-12-24(13-11-18)21(27)29-22(2,3)4/h6-9,18H,10-15H2,1-5H3. The highest BCUT2D eigenvalue weighted by Gasteiger charge is 2.31. The molecule has 0 spiro atoms. The van der Waals surface area contributed by atoms with Crippen molar-refractivity contribution in [3.8, 4) is 0 Å². The fourth-order valence-corrected chi connectivity index (χ4v) is 3.04. The van der Waals surface area contributed by atoms with Gasteiger partial charge in [-0.25, -0.2) is 4.79 Å². The van der Waals surface area contributed by atoms with E-state index in [0.29, 0.717) is 32.5 Å². The van der Waals surface area contributed by atoms with Gasteiger partial charge in [0, 0.05) is 26.7 Å². The molecule has 1 aromatic rings. The van der Waals surface area contributed by atoms with Crippen molar-refractivity contribution in [3.05, 3.63) is 35.4 Å². The van der Waals surface area contributed by atoms with Crippen LogP contribution in [-0.4, -0.2) is 60.1 Å². The van der Waals surface area contributed by atoms with Gasteiger partial charge in [-0.1, -0.05) is 29.8 Å². The van der Waals surface area contributed by atoms with Crippen LogP contribution in [0, 0.1) is 12.8 Å². The second-order valence-corrected chi connectivity index (χ2v) is 8.58. The zero-order valence-electron chi connectivity index (χ0n) is 18.1.